The fraction of sp³-hybridized carbons (Fsp3) is 0.571. The molecule has 1 aliphatic heterocycles. The molecule has 0 amide bonds. The van der Waals surface area contributed by atoms with Crippen LogP contribution in [0.3, 0.4) is 0 Å². The second-order valence-electron chi connectivity index (χ2n) is 4.77. The molecule has 0 radical (unpaired) electrons. The molecule has 1 unspecified atom stereocenters. The topological polar surface area (TPSA) is 52.6 Å². The van der Waals surface area contributed by atoms with Crippen molar-refractivity contribution in [2.75, 3.05) is 19.0 Å². The molecular formula is C14H19ClO4S. The van der Waals surface area contributed by atoms with Gasteiger partial charge >= 0.3 is 0 Å². The van der Waals surface area contributed by atoms with Crippen LogP contribution in [0.1, 0.15) is 25.3 Å². The smallest absolute Gasteiger partial charge is 0.178 e. The van der Waals surface area contributed by atoms with Crippen molar-refractivity contribution in [3.05, 3.63) is 28.8 Å². The van der Waals surface area contributed by atoms with Gasteiger partial charge in [0, 0.05) is 17.2 Å². The van der Waals surface area contributed by atoms with E-state index in [-0.39, 0.29) is 23.4 Å². The number of ether oxygens (including phenoxy) is 2. The van der Waals surface area contributed by atoms with Crippen molar-refractivity contribution in [1.82, 2.24) is 0 Å². The van der Waals surface area contributed by atoms with Crippen LogP contribution in [0.2, 0.25) is 5.02 Å². The molecule has 1 atom stereocenters. The van der Waals surface area contributed by atoms with Crippen LogP contribution in [0.15, 0.2) is 23.1 Å². The highest BCUT2D eigenvalue weighted by atomic mass is 35.5. The van der Waals surface area contributed by atoms with Crippen molar-refractivity contribution in [2.45, 2.75) is 37.4 Å². The molecule has 2 rings (SSSR count). The van der Waals surface area contributed by atoms with E-state index in [4.69, 9.17) is 21.1 Å². The summed E-state index contributed by atoms with van der Waals surface area (Å²) in [7, 11) is -3.30. The number of benzene rings is 1. The van der Waals surface area contributed by atoms with E-state index in [1.165, 1.54) is 0 Å². The first-order chi connectivity index (χ1) is 9.54. The summed E-state index contributed by atoms with van der Waals surface area (Å²) in [6, 6.07) is 4.91. The Bertz CT molecular complexity index is 550. The zero-order chi connectivity index (χ0) is 14.6. The third-order valence-corrected chi connectivity index (χ3v) is 5.53. The lowest BCUT2D eigenvalue weighted by atomic mass is 10.2. The van der Waals surface area contributed by atoms with E-state index >= 15 is 0 Å². The molecular weight excluding hydrogens is 300 g/mol. The Morgan fingerprint density at radius 2 is 2.25 bits per heavy atom. The van der Waals surface area contributed by atoms with Gasteiger partial charge in [0.25, 0.3) is 0 Å². The first kappa shape index (κ1) is 15.8. The predicted octanol–water partition coefficient (Wildman–Crippen LogP) is 2.83. The minimum absolute atomic E-state index is 0.0477. The highest BCUT2D eigenvalue weighted by Gasteiger charge is 2.20. The molecule has 0 bridgehead atoms. The number of hydrogen-bond acceptors (Lipinski definition) is 4. The maximum absolute atomic E-state index is 12.1. The zero-order valence-electron chi connectivity index (χ0n) is 11.5. The van der Waals surface area contributed by atoms with E-state index in [1.807, 2.05) is 0 Å². The van der Waals surface area contributed by atoms with Crippen LogP contribution in [-0.2, 0) is 25.9 Å². The molecule has 0 aliphatic carbocycles. The number of sulfone groups is 1. The Hall–Kier alpha value is -0.620. The summed E-state index contributed by atoms with van der Waals surface area (Å²) in [5.41, 5.74) is 0.536. The maximum atomic E-state index is 12.1. The zero-order valence-corrected chi connectivity index (χ0v) is 13.0. The van der Waals surface area contributed by atoms with Crippen molar-refractivity contribution in [1.29, 1.82) is 0 Å². The lowest BCUT2D eigenvalue weighted by molar-refractivity contribution is 0.0100. The molecule has 6 heteroatoms. The summed E-state index contributed by atoms with van der Waals surface area (Å²) in [5, 5.41) is 0.423. The number of halogens is 1. The van der Waals surface area contributed by atoms with Gasteiger partial charge in [-0.1, -0.05) is 24.6 Å². The van der Waals surface area contributed by atoms with Gasteiger partial charge in [0.15, 0.2) is 9.84 Å². The second kappa shape index (κ2) is 6.89. The van der Waals surface area contributed by atoms with E-state index in [1.54, 1.807) is 25.1 Å². The van der Waals surface area contributed by atoms with E-state index in [2.05, 4.69) is 0 Å². The minimum Gasteiger partial charge on any atom is -0.376 e. The molecule has 1 aliphatic rings. The average Bonchev–Trinajstić information content (AvgIpc) is 2.93. The van der Waals surface area contributed by atoms with Gasteiger partial charge in [-0.3, -0.25) is 0 Å². The van der Waals surface area contributed by atoms with Crippen LogP contribution in [-0.4, -0.2) is 33.5 Å². The maximum Gasteiger partial charge on any atom is 0.178 e. The lowest BCUT2D eigenvalue weighted by Crippen LogP contribution is -2.15. The lowest BCUT2D eigenvalue weighted by Gasteiger charge is -2.14. The Morgan fingerprint density at radius 1 is 1.45 bits per heavy atom. The molecule has 0 N–H and O–H groups in total. The summed E-state index contributed by atoms with van der Waals surface area (Å²) in [6.07, 6.45) is 2.15. The van der Waals surface area contributed by atoms with Crippen LogP contribution < -0.4 is 0 Å². The van der Waals surface area contributed by atoms with Crippen molar-refractivity contribution >= 4 is 21.4 Å². The molecule has 0 spiro atoms. The van der Waals surface area contributed by atoms with E-state index in [9.17, 15) is 8.42 Å². The predicted molar refractivity (Wildman–Crippen MR) is 77.8 cm³/mol. The summed E-state index contributed by atoms with van der Waals surface area (Å²) >= 11 is 6.11. The Kier molecular flexibility index (Phi) is 5.43. The average molecular weight is 319 g/mol. The van der Waals surface area contributed by atoms with Crippen LogP contribution in [0.5, 0.6) is 0 Å². The Labute approximate surface area is 125 Å². The van der Waals surface area contributed by atoms with Crippen molar-refractivity contribution in [3.63, 3.8) is 0 Å². The third-order valence-electron chi connectivity index (χ3n) is 3.37. The van der Waals surface area contributed by atoms with Crippen molar-refractivity contribution in [3.8, 4) is 0 Å². The van der Waals surface area contributed by atoms with Gasteiger partial charge in [-0.2, -0.15) is 0 Å². The summed E-state index contributed by atoms with van der Waals surface area (Å²) in [6.45, 7) is 3.05. The molecule has 0 saturated carbocycles. The first-order valence-corrected chi connectivity index (χ1v) is 8.77. The largest absolute Gasteiger partial charge is 0.376 e. The van der Waals surface area contributed by atoms with Crippen molar-refractivity contribution < 1.29 is 17.9 Å². The second-order valence-corrected chi connectivity index (χ2v) is 7.42. The molecule has 0 aromatic heterocycles. The molecule has 20 heavy (non-hydrogen) atoms. The van der Waals surface area contributed by atoms with Crippen LogP contribution >= 0.6 is 11.6 Å². The van der Waals surface area contributed by atoms with Crippen molar-refractivity contribution in [2.24, 2.45) is 0 Å². The van der Waals surface area contributed by atoms with Gasteiger partial charge in [-0.25, -0.2) is 8.42 Å². The first-order valence-electron chi connectivity index (χ1n) is 6.74. The molecule has 112 valence electrons. The standard InChI is InChI=1S/C14H19ClO4S/c1-2-20(16,17)14-7-3-6-13(15)12(14)10-18-9-11-5-4-8-19-11/h3,6-7,11H,2,4-5,8-10H2,1H3. The quantitative estimate of drug-likeness (QED) is 0.809. The Balaban J connectivity index is 2.09. The van der Waals surface area contributed by atoms with Gasteiger partial charge in [0.05, 0.1) is 30.0 Å². The Morgan fingerprint density at radius 3 is 2.90 bits per heavy atom. The van der Waals surface area contributed by atoms with Gasteiger partial charge < -0.3 is 9.47 Å². The monoisotopic (exact) mass is 318 g/mol. The fourth-order valence-electron chi connectivity index (χ4n) is 2.19. The minimum atomic E-state index is -3.30. The van der Waals surface area contributed by atoms with E-state index in [0.29, 0.717) is 17.2 Å². The third kappa shape index (κ3) is 3.73. The normalized spacial score (nSPS) is 19.4. The van der Waals surface area contributed by atoms with E-state index < -0.39 is 9.84 Å². The number of rotatable bonds is 6. The SMILES string of the molecule is CCS(=O)(=O)c1cccc(Cl)c1COCC1CCCO1. The number of hydrogen-bond donors (Lipinski definition) is 0. The van der Waals surface area contributed by atoms with Gasteiger partial charge in [-0.05, 0) is 25.0 Å². The molecule has 1 aromatic rings. The summed E-state index contributed by atoms with van der Waals surface area (Å²) in [5.74, 6) is 0.0477. The fourth-order valence-corrected chi connectivity index (χ4v) is 3.62. The molecule has 1 saturated heterocycles. The molecule has 1 fully saturated rings. The van der Waals surface area contributed by atoms with Gasteiger partial charge in [0.2, 0.25) is 0 Å². The highest BCUT2D eigenvalue weighted by molar-refractivity contribution is 7.91. The molecule has 4 nitrogen and oxygen atoms in total. The van der Waals surface area contributed by atoms with Gasteiger partial charge in [-0.15, -0.1) is 0 Å². The highest BCUT2D eigenvalue weighted by Crippen LogP contribution is 2.26. The van der Waals surface area contributed by atoms with Crippen LogP contribution in [0, 0.1) is 0 Å². The van der Waals surface area contributed by atoms with E-state index in [0.717, 1.165) is 19.4 Å². The summed E-state index contributed by atoms with van der Waals surface area (Å²) < 4.78 is 35.2. The molecule has 1 heterocycles. The van der Waals surface area contributed by atoms with Gasteiger partial charge in [0.1, 0.15) is 0 Å². The molecule has 1 aromatic carbocycles. The summed E-state index contributed by atoms with van der Waals surface area (Å²) in [4.78, 5) is 0.264. The van der Waals surface area contributed by atoms with Crippen LogP contribution in [0.25, 0.3) is 0 Å². The van der Waals surface area contributed by atoms with Crippen LogP contribution in [0.4, 0.5) is 0 Å².